The summed E-state index contributed by atoms with van der Waals surface area (Å²) < 4.78 is 18.9. The zero-order valence-corrected chi connectivity index (χ0v) is 15.3. The van der Waals surface area contributed by atoms with Crippen molar-refractivity contribution < 1.29 is 14.2 Å². The smallest absolute Gasteiger partial charge is 0.157 e. The Morgan fingerprint density at radius 3 is 2.81 bits per heavy atom. The number of nitrogens with one attached hydrogen (secondary N) is 1. The second-order valence-electron chi connectivity index (χ2n) is 7.07. The summed E-state index contributed by atoms with van der Waals surface area (Å²) in [5.74, 6) is 0.728. The van der Waals surface area contributed by atoms with Gasteiger partial charge in [0.1, 0.15) is 11.6 Å². The van der Waals surface area contributed by atoms with E-state index in [-0.39, 0.29) is 17.6 Å². The monoisotopic (exact) mass is 372 g/mol. The number of ether oxygens (including phenoxy) is 1. The van der Waals surface area contributed by atoms with Gasteiger partial charge < -0.3 is 25.0 Å². The molecule has 144 valence electrons. The third kappa shape index (κ3) is 4.24. The minimum absolute atomic E-state index is 0.187. The van der Waals surface area contributed by atoms with Gasteiger partial charge in [0.05, 0.1) is 25.1 Å². The summed E-state index contributed by atoms with van der Waals surface area (Å²) in [5, 5.41) is 13.7. The van der Waals surface area contributed by atoms with Gasteiger partial charge >= 0.3 is 0 Å². The summed E-state index contributed by atoms with van der Waals surface area (Å²) in [6, 6.07) is 8.87. The normalized spacial score (nSPS) is 20.6. The van der Waals surface area contributed by atoms with Crippen LogP contribution in [0.1, 0.15) is 12.8 Å². The Morgan fingerprint density at radius 2 is 2.00 bits per heavy atom. The van der Waals surface area contributed by atoms with Crippen LogP contribution in [0.25, 0.3) is 0 Å². The molecule has 7 heteroatoms. The lowest BCUT2D eigenvalue weighted by Crippen LogP contribution is -2.42. The molecule has 0 aliphatic carbocycles. The Balaban J connectivity index is 1.45. The number of piperidine rings is 1. The quantitative estimate of drug-likeness (QED) is 0.861. The fourth-order valence-electron chi connectivity index (χ4n) is 3.79. The minimum atomic E-state index is -0.210. The van der Waals surface area contributed by atoms with E-state index in [1.54, 1.807) is 12.1 Å². The van der Waals surface area contributed by atoms with Gasteiger partial charge in [0, 0.05) is 44.0 Å². The summed E-state index contributed by atoms with van der Waals surface area (Å²) in [6.07, 6.45) is 3.56. The van der Waals surface area contributed by atoms with Gasteiger partial charge in [0.2, 0.25) is 0 Å². The van der Waals surface area contributed by atoms with Gasteiger partial charge in [-0.3, -0.25) is 0 Å². The van der Waals surface area contributed by atoms with E-state index in [0.29, 0.717) is 13.2 Å². The van der Waals surface area contributed by atoms with Crippen molar-refractivity contribution in [3.05, 3.63) is 42.3 Å². The Labute approximate surface area is 158 Å². The van der Waals surface area contributed by atoms with Gasteiger partial charge in [-0.05, 0) is 31.0 Å². The van der Waals surface area contributed by atoms with Crippen molar-refractivity contribution in [3.8, 4) is 5.75 Å². The van der Waals surface area contributed by atoms with Crippen LogP contribution in [0.5, 0.6) is 5.75 Å². The number of rotatable bonds is 4. The lowest BCUT2D eigenvalue weighted by Gasteiger charge is -2.35. The first-order valence-electron chi connectivity index (χ1n) is 9.48. The van der Waals surface area contributed by atoms with Crippen molar-refractivity contribution in [2.45, 2.75) is 18.9 Å². The van der Waals surface area contributed by atoms with E-state index in [9.17, 15) is 9.50 Å². The topological polar surface area (TPSA) is 60.9 Å². The highest BCUT2D eigenvalue weighted by Crippen LogP contribution is 2.30. The first-order chi connectivity index (χ1) is 13.2. The summed E-state index contributed by atoms with van der Waals surface area (Å²) in [7, 11) is 0. The summed E-state index contributed by atoms with van der Waals surface area (Å²) in [4.78, 5) is 8.66. The standard InChI is InChI=1S/C20H25FN4O2/c21-15-3-1-5-17(11-15)25-6-2-4-16(14-25)23-20-12-18(19(26)13-22-20)24-7-9-27-10-8-24/h1,3,5,11-13,16,26H,2,4,6-10,14H2,(H,22,23)/t16-/m1/s1. The molecule has 1 atom stereocenters. The molecule has 27 heavy (non-hydrogen) atoms. The predicted molar refractivity (Wildman–Crippen MR) is 104 cm³/mol. The number of anilines is 3. The van der Waals surface area contributed by atoms with Crippen LogP contribution in [0.4, 0.5) is 21.6 Å². The van der Waals surface area contributed by atoms with Crippen molar-refractivity contribution >= 4 is 17.2 Å². The molecule has 1 aromatic carbocycles. The number of aromatic nitrogens is 1. The van der Waals surface area contributed by atoms with E-state index >= 15 is 0 Å². The molecule has 2 aromatic rings. The highest BCUT2D eigenvalue weighted by Gasteiger charge is 2.22. The molecule has 0 radical (unpaired) electrons. The van der Waals surface area contributed by atoms with Crippen LogP contribution in [0, 0.1) is 5.82 Å². The maximum Gasteiger partial charge on any atom is 0.157 e. The number of nitrogens with zero attached hydrogens (tertiary/aromatic N) is 3. The van der Waals surface area contributed by atoms with Crippen LogP contribution >= 0.6 is 0 Å². The molecule has 1 aromatic heterocycles. The number of morpholine rings is 1. The SMILES string of the molecule is Oc1cnc(N[C@@H]2CCCN(c3cccc(F)c3)C2)cc1N1CCOCC1. The van der Waals surface area contributed by atoms with Crippen molar-refractivity contribution in [1.29, 1.82) is 0 Å². The fraction of sp³-hybridized carbons (Fsp3) is 0.450. The van der Waals surface area contributed by atoms with Gasteiger partial charge in [-0.25, -0.2) is 9.37 Å². The molecule has 2 saturated heterocycles. The van der Waals surface area contributed by atoms with E-state index in [4.69, 9.17) is 4.74 Å². The van der Waals surface area contributed by atoms with E-state index < -0.39 is 0 Å². The van der Waals surface area contributed by atoms with Gasteiger partial charge in [0.15, 0.2) is 5.75 Å². The van der Waals surface area contributed by atoms with E-state index in [0.717, 1.165) is 56.2 Å². The highest BCUT2D eigenvalue weighted by molar-refractivity contribution is 5.63. The van der Waals surface area contributed by atoms with Crippen molar-refractivity contribution in [2.24, 2.45) is 0 Å². The van der Waals surface area contributed by atoms with Gasteiger partial charge in [0.25, 0.3) is 0 Å². The first-order valence-corrected chi connectivity index (χ1v) is 9.48. The van der Waals surface area contributed by atoms with Crippen LogP contribution in [-0.2, 0) is 4.74 Å². The molecular formula is C20H25FN4O2. The number of hydrogen-bond acceptors (Lipinski definition) is 6. The number of halogens is 1. The second-order valence-corrected chi connectivity index (χ2v) is 7.07. The summed E-state index contributed by atoms with van der Waals surface area (Å²) in [6.45, 7) is 4.55. The highest BCUT2D eigenvalue weighted by atomic mass is 19.1. The summed E-state index contributed by atoms with van der Waals surface area (Å²) in [5.41, 5.74) is 1.70. The number of benzene rings is 1. The van der Waals surface area contributed by atoms with E-state index in [1.165, 1.54) is 12.3 Å². The van der Waals surface area contributed by atoms with E-state index in [2.05, 4.69) is 20.1 Å². The van der Waals surface area contributed by atoms with Crippen LogP contribution in [-0.4, -0.2) is 55.5 Å². The van der Waals surface area contributed by atoms with Gasteiger partial charge in [-0.1, -0.05) is 6.07 Å². The second kappa shape index (κ2) is 8.00. The van der Waals surface area contributed by atoms with Crippen LogP contribution in [0.15, 0.2) is 36.5 Å². The Bertz CT molecular complexity index is 782. The lowest BCUT2D eigenvalue weighted by molar-refractivity contribution is 0.122. The number of hydrogen-bond donors (Lipinski definition) is 2. The van der Waals surface area contributed by atoms with Gasteiger partial charge in [-0.2, -0.15) is 0 Å². The third-order valence-corrected chi connectivity index (χ3v) is 5.16. The molecular weight excluding hydrogens is 347 g/mol. The van der Waals surface area contributed by atoms with Crippen molar-refractivity contribution in [3.63, 3.8) is 0 Å². The lowest BCUT2D eigenvalue weighted by atomic mass is 10.0. The van der Waals surface area contributed by atoms with Crippen LogP contribution in [0.2, 0.25) is 0 Å². The molecule has 0 bridgehead atoms. The summed E-state index contributed by atoms with van der Waals surface area (Å²) >= 11 is 0. The maximum absolute atomic E-state index is 13.5. The first kappa shape index (κ1) is 17.9. The molecule has 2 aliphatic heterocycles. The average molecular weight is 372 g/mol. The zero-order valence-electron chi connectivity index (χ0n) is 15.3. The average Bonchev–Trinajstić information content (AvgIpc) is 2.70. The predicted octanol–water partition coefficient (Wildman–Crippen LogP) is 2.84. The molecule has 0 spiro atoms. The largest absolute Gasteiger partial charge is 0.504 e. The molecule has 4 rings (SSSR count). The molecule has 0 unspecified atom stereocenters. The van der Waals surface area contributed by atoms with Crippen LogP contribution < -0.4 is 15.1 Å². The zero-order chi connectivity index (χ0) is 18.6. The Morgan fingerprint density at radius 1 is 1.15 bits per heavy atom. The molecule has 2 aliphatic rings. The molecule has 2 fully saturated rings. The molecule has 0 saturated carbocycles. The van der Waals surface area contributed by atoms with Crippen LogP contribution in [0.3, 0.4) is 0 Å². The maximum atomic E-state index is 13.5. The minimum Gasteiger partial charge on any atom is -0.504 e. The molecule has 0 amide bonds. The van der Waals surface area contributed by atoms with E-state index in [1.807, 2.05) is 12.1 Å². The molecule has 2 N–H and O–H groups in total. The van der Waals surface area contributed by atoms with Gasteiger partial charge in [-0.15, -0.1) is 0 Å². The fourth-order valence-corrected chi connectivity index (χ4v) is 3.79. The number of aromatic hydroxyl groups is 1. The van der Waals surface area contributed by atoms with Crippen molar-refractivity contribution in [1.82, 2.24) is 4.98 Å². The Hall–Kier alpha value is -2.54. The van der Waals surface area contributed by atoms with Crippen molar-refractivity contribution in [2.75, 3.05) is 54.5 Å². The molecule has 3 heterocycles. The molecule has 6 nitrogen and oxygen atoms in total. The number of pyridine rings is 1. The third-order valence-electron chi connectivity index (χ3n) is 5.16. The Kier molecular flexibility index (Phi) is 5.29.